The van der Waals surface area contributed by atoms with Crippen LogP contribution in [-0.2, 0) is 13.3 Å². The van der Waals surface area contributed by atoms with Crippen LogP contribution in [0.1, 0.15) is 195 Å². The average molecular weight is 557 g/mol. The molecule has 0 aliphatic rings. The molecule has 38 heavy (non-hydrogen) atoms. The standard InChI is InChI=1S/C34H72O3Si/c1-5-9-10-11-12-13-14-15-16-17-18-19-20-21-22-23-24-25-26-27-28-29-30-31-32-33-34-38(35-6-2,36-7-3)37-8-4/h5-34H2,1-4H3. The lowest BCUT2D eigenvalue weighted by Crippen LogP contribution is -2.45. The molecule has 0 aromatic heterocycles. The molecule has 230 valence electrons. The van der Waals surface area contributed by atoms with E-state index in [2.05, 4.69) is 6.92 Å². The summed E-state index contributed by atoms with van der Waals surface area (Å²) in [6.07, 6.45) is 37.3. The van der Waals surface area contributed by atoms with Gasteiger partial charge >= 0.3 is 8.80 Å². The van der Waals surface area contributed by atoms with E-state index in [4.69, 9.17) is 13.3 Å². The zero-order valence-electron chi connectivity index (χ0n) is 26.9. The number of hydrogen-bond acceptors (Lipinski definition) is 3. The van der Waals surface area contributed by atoms with Gasteiger partial charge in [-0.3, -0.25) is 0 Å². The highest BCUT2D eigenvalue weighted by molar-refractivity contribution is 6.60. The highest BCUT2D eigenvalue weighted by Crippen LogP contribution is 2.21. The van der Waals surface area contributed by atoms with Gasteiger partial charge in [-0.05, 0) is 27.2 Å². The van der Waals surface area contributed by atoms with Crippen LogP contribution in [0.25, 0.3) is 0 Å². The van der Waals surface area contributed by atoms with Crippen LogP contribution in [0.2, 0.25) is 6.04 Å². The maximum Gasteiger partial charge on any atom is 0.500 e. The third kappa shape index (κ3) is 26.3. The lowest BCUT2D eigenvalue weighted by atomic mass is 10.0. The third-order valence-electron chi connectivity index (χ3n) is 7.93. The summed E-state index contributed by atoms with van der Waals surface area (Å²) in [6.45, 7) is 10.5. The molecule has 0 heterocycles. The molecule has 3 nitrogen and oxygen atoms in total. The van der Waals surface area contributed by atoms with E-state index in [1.807, 2.05) is 20.8 Å². The van der Waals surface area contributed by atoms with E-state index in [1.165, 1.54) is 167 Å². The van der Waals surface area contributed by atoms with Gasteiger partial charge in [-0.2, -0.15) is 0 Å². The maximum atomic E-state index is 5.96. The highest BCUT2D eigenvalue weighted by Gasteiger charge is 2.39. The Balaban J connectivity index is 3.28. The van der Waals surface area contributed by atoms with Gasteiger partial charge in [0.1, 0.15) is 0 Å². The highest BCUT2D eigenvalue weighted by atomic mass is 28.4. The second-order valence-electron chi connectivity index (χ2n) is 11.6. The molecule has 0 saturated carbocycles. The minimum Gasteiger partial charge on any atom is -0.374 e. The molecule has 0 aromatic carbocycles. The van der Waals surface area contributed by atoms with Crippen LogP contribution in [0, 0.1) is 0 Å². The number of unbranched alkanes of at least 4 members (excludes halogenated alkanes) is 25. The van der Waals surface area contributed by atoms with Crippen molar-refractivity contribution < 1.29 is 13.3 Å². The molecule has 0 atom stereocenters. The van der Waals surface area contributed by atoms with Crippen molar-refractivity contribution in [1.29, 1.82) is 0 Å². The van der Waals surface area contributed by atoms with Crippen molar-refractivity contribution in [3.8, 4) is 0 Å². The van der Waals surface area contributed by atoms with Gasteiger partial charge in [-0.25, -0.2) is 0 Å². The van der Waals surface area contributed by atoms with Gasteiger partial charge in [0.2, 0.25) is 0 Å². The Morgan fingerprint density at radius 1 is 0.289 bits per heavy atom. The summed E-state index contributed by atoms with van der Waals surface area (Å²) in [5.74, 6) is 0. The van der Waals surface area contributed by atoms with Crippen LogP contribution in [-0.4, -0.2) is 28.6 Å². The van der Waals surface area contributed by atoms with Crippen molar-refractivity contribution in [1.82, 2.24) is 0 Å². The summed E-state index contributed by atoms with van der Waals surface area (Å²) < 4.78 is 17.9. The molecule has 4 heteroatoms. The molecule has 0 aliphatic heterocycles. The first kappa shape index (κ1) is 38.1. The van der Waals surface area contributed by atoms with Crippen molar-refractivity contribution in [3.63, 3.8) is 0 Å². The number of hydrogen-bond donors (Lipinski definition) is 0. The second kappa shape index (κ2) is 31.6. The van der Waals surface area contributed by atoms with Crippen LogP contribution < -0.4 is 0 Å². The van der Waals surface area contributed by atoms with Gasteiger partial charge in [0, 0.05) is 25.9 Å². The van der Waals surface area contributed by atoms with E-state index in [0.29, 0.717) is 19.8 Å². The molecule has 0 rings (SSSR count). The molecule has 0 unspecified atom stereocenters. The largest absolute Gasteiger partial charge is 0.500 e. The predicted molar refractivity (Wildman–Crippen MR) is 171 cm³/mol. The molecule has 0 aliphatic carbocycles. The lowest BCUT2D eigenvalue weighted by Gasteiger charge is -2.28. The minimum absolute atomic E-state index is 0.686. The van der Waals surface area contributed by atoms with Gasteiger partial charge in [0.25, 0.3) is 0 Å². The zero-order valence-corrected chi connectivity index (χ0v) is 27.9. The van der Waals surface area contributed by atoms with Gasteiger partial charge < -0.3 is 13.3 Å². The average Bonchev–Trinajstić information content (AvgIpc) is 2.91. The third-order valence-corrected chi connectivity index (χ3v) is 11.1. The Morgan fingerprint density at radius 3 is 0.711 bits per heavy atom. The van der Waals surface area contributed by atoms with E-state index in [9.17, 15) is 0 Å². The quantitative estimate of drug-likeness (QED) is 0.0594. The van der Waals surface area contributed by atoms with Crippen LogP contribution in [0.5, 0.6) is 0 Å². The van der Waals surface area contributed by atoms with E-state index < -0.39 is 8.80 Å². The van der Waals surface area contributed by atoms with Crippen LogP contribution in [0.4, 0.5) is 0 Å². The summed E-state index contributed by atoms with van der Waals surface area (Å²) in [5, 5.41) is 0. The van der Waals surface area contributed by atoms with Gasteiger partial charge in [0.15, 0.2) is 0 Å². The molecular formula is C34H72O3Si. The van der Waals surface area contributed by atoms with E-state index in [-0.39, 0.29) is 0 Å². The van der Waals surface area contributed by atoms with E-state index in [1.54, 1.807) is 0 Å². The van der Waals surface area contributed by atoms with Crippen LogP contribution in [0.15, 0.2) is 0 Å². The molecule has 0 aromatic rings. The fraction of sp³-hybridized carbons (Fsp3) is 1.00. The topological polar surface area (TPSA) is 27.7 Å². The molecule has 0 radical (unpaired) electrons. The fourth-order valence-electron chi connectivity index (χ4n) is 5.66. The molecular weight excluding hydrogens is 484 g/mol. The second-order valence-corrected chi connectivity index (χ2v) is 14.3. The molecule has 0 N–H and O–H groups in total. The van der Waals surface area contributed by atoms with Crippen molar-refractivity contribution in [2.45, 2.75) is 201 Å². The Morgan fingerprint density at radius 2 is 0.500 bits per heavy atom. The number of rotatable bonds is 33. The predicted octanol–water partition coefficient (Wildman–Crippen LogP) is 12.2. The molecule has 0 spiro atoms. The normalized spacial score (nSPS) is 12.0. The first-order valence-corrected chi connectivity index (χ1v) is 19.6. The summed E-state index contributed by atoms with van der Waals surface area (Å²) in [5.41, 5.74) is 0. The van der Waals surface area contributed by atoms with Crippen LogP contribution >= 0.6 is 0 Å². The first-order chi connectivity index (χ1) is 18.7. The van der Waals surface area contributed by atoms with E-state index >= 15 is 0 Å². The van der Waals surface area contributed by atoms with Gasteiger partial charge in [0.05, 0.1) is 0 Å². The minimum atomic E-state index is -2.42. The fourth-order valence-corrected chi connectivity index (χ4v) is 8.34. The molecule has 0 amide bonds. The van der Waals surface area contributed by atoms with E-state index in [0.717, 1.165) is 6.04 Å². The monoisotopic (exact) mass is 557 g/mol. The Labute approximate surface area is 242 Å². The van der Waals surface area contributed by atoms with Gasteiger partial charge in [-0.1, -0.05) is 167 Å². The van der Waals surface area contributed by atoms with Crippen molar-refractivity contribution in [2.75, 3.05) is 19.8 Å². The SMILES string of the molecule is CCCCCCCCCCCCCCCCCCCCCCCCCCCC[Si](OCC)(OCC)OCC. The Hall–Kier alpha value is 0.0969. The summed E-state index contributed by atoms with van der Waals surface area (Å²) in [6, 6.07) is 0.974. The van der Waals surface area contributed by atoms with Gasteiger partial charge in [-0.15, -0.1) is 0 Å². The van der Waals surface area contributed by atoms with Crippen molar-refractivity contribution in [3.05, 3.63) is 0 Å². The lowest BCUT2D eigenvalue weighted by molar-refractivity contribution is 0.0706. The zero-order chi connectivity index (χ0) is 27.8. The maximum absolute atomic E-state index is 5.96. The summed E-state index contributed by atoms with van der Waals surface area (Å²) in [4.78, 5) is 0. The smallest absolute Gasteiger partial charge is 0.374 e. The molecule has 0 bridgehead atoms. The van der Waals surface area contributed by atoms with Crippen molar-refractivity contribution in [2.24, 2.45) is 0 Å². The molecule has 0 saturated heterocycles. The Bertz CT molecular complexity index is 415. The Kier molecular flexibility index (Phi) is 31.7. The summed E-state index contributed by atoms with van der Waals surface area (Å²) >= 11 is 0. The summed E-state index contributed by atoms with van der Waals surface area (Å²) in [7, 11) is -2.42. The van der Waals surface area contributed by atoms with Crippen LogP contribution in [0.3, 0.4) is 0 Å². The first-order valence-electron chi connectivity index (χ1n) is 17.7. The molecule has 0 fully saturated rings. The van der Waals surface area contributed by atoms with Crippen molar-refractivity contribution >= 4 is 8.80 Å².